The summed E-state index contributed by atoms with van der Waals surface area (Å²) in [7, 11) is 1.40. The molecule has 8 nitrogen and oxygen atoms in total. The number of methoxy groups -OCH3 is 1. The molecule has 1 heterocycles. The van der Waals surface area contributed by atoms with Crippen LogP contribution in [0.1, 0.15) is 5.56 Å². The predicted octanol–water partition coefficient (Wildman–Crippen LogP) is 2.94. The van der Waals surface area contributed by atoms with Crippen molar-refractivity contribution in [1.29, 1.82) is 0 Å². The molecule has 0 unspecified atom stereocenters. The molecule has 3 rings (SSSR count). The number of carbonyl (C=O) groups excluding carboxylic acids is 1. The van der Waals surface area contributed by atoms with Crippen LogP contribution in [-0.4, -0.2) is 27.8 Å². The summed E-state index contributed by atoms with van der Waals surface area (Å²) in [4.78, 5) is 22.7. The van der Waals surface area contributed by atoms with Crippen LogP contribution in [0.4, 0.5) is 5.69 Å². The van der Waals surface area contributed by atoms with E-state index in [4.69, 9.17) is 9.47 Å². The number of para-hydroxylation sites is 1. The minimum atomic E-state index is -0.626. The van der Waals surface area contributed by atoms with Gasteiger partial charge in [-0.25, -0.2) is 4.68 Å². The van der Waals surface area contributed by atoms with Gasteiger partial charge in [0.05, 0.1) is 36.4 Å². The maximum absolute atomic E-state index is 12.1. The first-order chi connectivity index (χ1) is 12.6. The van der Waals surface area contributed by atoms with E-state index in [9.17, 15) is 14.9 Å². The molecule has 8 heteroatoms. The maximum Gasteiger partial charge on any atom is 0.316 e. The van der Waals surface area contributed by atoms with Crippen molar-refractivity contribution in [3.8, 4) is 17.2 Å². The van der Waals surface area contributed by atoms with Gasteiger partial charge in [0.25, 0.3) is 0 Å². The van der Waals surface area contributed by atoms with E-state index < -0.39 is 10.9 Å². The second-order valence-corrected chi connectivity index (χ2v) is 5.37. The zero-order chi connectivity index (χ0) is 18.5. The molecule has 0 radical (unpaired) electrons. The average Bonchev–Trinajstić information content (AvgIpc) is 3.11. The molecule has 0 atom stereocenters. The lowest BCUT2D eigenvalue weighted by atomic mass is 10.2. The lowest BCUT2D eigenvalue weighted by Gasteiger charge is -2.06. The molecular weight excluding hydrogens is 338 g/mol. The van der Waals surface area contributed by atoms with Crippen LogP contribution in [0.3, 0.4) is 0 Å². The quantitative estimate of drug-likeness (QED) is 0.292. The summed E-state index contributed by atoms with van der Waals surface area (Å²) in [6.45, 7) is 0. The van der Waals surface area contributed by atoms with Gasteiger partial charge in [-0.2, -0.15) is 5.10 Å². The van der Waals surface area contributed by atoms with Gasteiger partial charge in [-0.1, -0.05) is 18.2 Å². The number of rotatable bonds is 6. The van der Waals surface area contributed by atoms with E-state index in [0.29, 0.717) is 11.3 Å². The number of nitro groups is 1. The van der Waals surface area contributed by atoms with Crippen molar-refractivity contribution in [3.63, 3.8) is 0 Å². The fourth-order valence-corrected chi connectivity index (χ4v) is 2.35. The van der Waals surface area contributed by atoms with Gasteiger partial charge < -0.3 is 9.47 Å². The van der Waals surface area contributed by atoms with Gasteiger partial charge in [-0.15, -0.1) is 0 Å². The van der Waals surface area contributed by atoms with Gasteiger partial charge in [0, 0.05) is 11.8 Å². The Hall–Kier alpha value is -3.68. The minimum absolute atomic E-state index is 0.0595. The van der Waals surface area contributed by atoms with Crippen molar-refractivity contribution in [3.05, 3.63) is 76.6 Å². The zero-order valence-corrected chi connectivity index (χ0v) is 13.9. The molecule has 0 aliphatic rings. The van der Waals surface area contributed by atoms with Crippen LogP contribution >= 0.6 is 0 Å². The van der Waals surface area contributed by atoms with Crippen molar-refractivity contribution in [2.45, 2.75) is 6.42 Å². The fraction of sp³-hybridized carbons (Fsp3) is 0.111. The standard InChI is InChI=1S/C18H15N3O5/c1-25-15-7-8-17(16(10-15)21(23)24)26-18(22)9-13-11-19-20(12-13)14-5-3-2-4-6-14/h2-8,10-12H,9H2,1H3. The summed E-state index contributed by atoms with van der Waals surface area (Å²) in [6, 6.07) is 13.5. The first-order valence-corrected chi connectivity index (χ1v) is 7.69. The Kier molecular flexibility index (Phi) is 4.93. The van der Waals surface area contributed by atoms with E-state index >= 15 is 0 Å². The number of hydrogen-bond acceptors (Lipinski definition) is 6. The summed E-state index contributed by atoms with van der Waals surface area (Å²) >= 11 is 0. The first kappa shape index (κ1) is 17.2. The highest BCUT2D eigenvalue weighted by molar-refractivity contribution is 5.76. The van der Waals surface area contributed by atoms with E-state index in [0.717, 1.165) is 5.69 Å². The summed E-state index contributed by atoms with van der Waals surface area (Å²) in [6.07, 6.45) is 3.20. The fourth-order valence-electron chi connectivity index (χ4n) is 2.35. The third-order valence-corrected chi connectivity index (χ3v) is 3.59. The molecule has 1 aromatic heterocycles. The van der Waals surface area contributed by atoms with E-state index in [1.54, 1.807) is 17.1 Å². The third kappa shape index (κ3) is 3.86. The summed E-state index contributed by atoms with van der Waals surface area (Å²) in [5, 5.41) is 15.3. The number of nitrogens with zero attached hydrogens (tertiary/aromatic N) is 3. The highest BCUT2D eigenvalue weighted by Gasteiger charge is 2.20. The normalized spacial score (nSPS) is 10.3. The zero-order valence-electron chi connectivity index (χ0n) is 13.9. The Balaban J connectivity index is 1.72. The highest BCUT2D eigenvalue weighted by atomic mass is 16.6. The summed E-state index contributed by atoms with van der Waals surface area (Å²) in [5.74, 6) is -0.442. The Morgan fingerprint density at radius 2 is 2.00 bits per heavy atom. The van der Waals surface area contributed by atoms with Gasteiger partial charge in [0.1, 0.15) is 5.75 Å². The molecule has 0 aliphatic heterocycles. The van der Waals surface area contributed by atoms with Gasteiger partial charge in [-0.05, 0) is 24.3 Å². The molecule has 0 fully saturated rings. The maximum atomic E-state index is 12.1. The topological polar surface area (TPSA) is 96.5 Å². The van der Waals surface area contributed by atoms with E-state index in [2.05, 4.69) is 5.10 Å². The first-order valence-electron chi connectivity index (χ1n) is 7.69. The van der Waals surface area contributed by atoms with Crippen LogP contribution in [0, 0.1) is 10.1 Å². The monoisotopic (exact) mass is 353 g/mol. The SMILES string of the molecule is COc1ccc(OC(=O)Cc2cnn(-c3ccccc3)c2)c([N+](=O)[O-])c1. The highest BCUT2D eigenvalue weighted by Crippen LogP contribution is 2.31. The van der Waals surface area contributed by atoms with Crippen LogP contribution < -0.4 is 9.47 Å². The van der Waals surface area contributed by atoms with E-state index in [1.165, 1.54) is 25.3 Å². The lowest BCUT2D eigenvalue weighted by molar-refractivity contribution is -0.385. The molecule has 0 spiro atoms. The van der Waals surface area contributed by atoms with Crippen molar-refractivity contribution in [2.24, 2.45) is 0 Å². The second kappa shape index (κ2) is 7.47. The van der Waals surface area contributed by atoms with Gasteiger partial charge >= 0.3 is 11.7 Å². The van der Waals surface area contributed by atoms with E-state index in [1.807, 2.05) is 30.3 Å². The molecule has 0 saturated carbocycles. The van der Waals surface area contributed by atoms with Crippen LogP contribution in [0.2, 0.25) is 0 Å². The molecule has 0 N–H and O–H groups in total. The molecule has 0 bridgehead atoms. The number of aromatic nitrogens is 2. The summed E-state index contributed by atoms with van der Waals surface area (Å²) in [5.41, 5.74) is 1.16. The van der Waals surface area contributed by atoms with Crippen LogP contribution in [0.25, 0.3) is 5.69 Å². The largest absolute Gasteiger partial charge is 0.496 e. The number of benzene rings is 2. The molecule has 0 aliphatic carbocycles. The molecule has 3 aromatic rings. The Bertz CT molecular complexity index is 937. The second-order valence-electron chi connectivity index (χ2n) is 5.37. The molecule has 2 aromatic carbocycles. The predicted molar refractivity (Wildman–Crippen MR) is 92.6 cm³/mol. The van der Waals surface area contributed by atoms with Crippen LogP contribution in [0.15, 0.2) is 60.9 Å². The van der Waals surface area contributed by atoms with Crippen molar-refractivity contribution in [1.82, 2.24) is 9.78 Å². The Morgan fingerprint density at radius 1 is 1.23 bits per heavy atom. The average molecular weight is 353 g/mol. The molecule has 0 saturated heterocycles. The Morgan fingerprint density at radius 3 is 2.69 bits per heavy atom. The molecule has 26 heavy (non-hydrogen) atoms. The number of carbonyl (C=O) groups is 1. The number of hydrogen-bond donors (Lipinski definition) is 0. The minimum Gasteiger partial charge on any atom is -0.496 e. The van der Waals surface area contributed by atoms with Gasteiger partial charge in [0.15, 0.2) is 0 Å². The van der Waals surface area contributed by atoms with Gasteiger partial charge in [-0.3, -0.25) is 14.9 Å². The molecule has 0 amide bonds. The van der Waals surface area contributed by atoms with Crippen LogP contribution in [0.5, 0.6) is 11.5 Å². The van der Waals surface area contributed by atoms with Crippen LogP contribution in [-0.2, 0) is 11.2 Å². The lowest BCUT2D eigenvalue weighted by Crippen LogP contribution is -2.12. The van der Waals surface area contributed by atoms with Crippen molar-refractivity contribution < 1.29 is 19.2 Å². The number of esters is 1. The summed E-state index contributed by atoms with van der Waals surface area (Å²) < 4.78 is 11.7. The third-order valence-electron chi connectivity index (χ3n) is 3.59. The number of nitro benzene ring substituents is 1. The van der Waals surface area contributed by atoms with Crippen molar-refractivity contribution in [2.75, 3.05) is 7.11 Å². The molecular formula is C18H15N3O5. The number of ether oxygens (including phenoxy) is 2. The smallest absolute Gasteiger partial charge is 0.316 e. The molecule has 132 valence electrons. The van der Waals surface area contributed by atoms with E-state index in [-0.39, 0.29) is 17.9 Å². The Labute approximate surface area is 148 Å². The van der Waals surface area contributed by atoms with Gasteiger partial charge in [0.2, 0.25) is 5.75 Å². The van der Waals surface area contributed by atoms with Crippen molar-refractivity contribution >= 4 is 11.7 Å².